The maximum absolute atomic E-state index is 12.6. The van der Waals surface area contributed by atoms with E-state index in [-0.39, 0.29) is 5.91 Å². The van der Waals surface area contributed by atoms with E-state index in [1.54, 1.807) is 7.11 Å². The molecular formula is C16H20N2O2. The summed E-state index contributed by atoms with van der Waals surface area (Å²) < 4.78 is 5.22. The molecule has 1 aliphatic heterocycles. The zero-order valence-corrected chi connectivity index (χ0v) is 12.0. The van der Waals surface area contributed by atoms with Gasteiger partial charge in [0.15, 0.2) is 0 Å². The van der Waals surface area contributed by atoms with E-state index < -0.39 is 0 Å². The molecule has 1 saturated heterocycles. The number of nitrogens with one attached hydrogen (secondary N) is 1. The fourth-order valence-electron chi connectivity index (χ4n) is 2.91. The van der Waals surface area contributed by atoms with Crippen molar-refractivity contribution in [3.8, 4) is 5.75 Å². The number of fused-ring (bicyclic) bond motifs is 1. The van der Waals surface area contributed by atoms with Crippen LogP contribution in [-0.2, 0) is 0 Å². The third-order valence-corrected chi connectivity index (χ3v) is 4.12. The van der Waals surface area contributed by atoms with Gasteiger partial charge in [-0.15, -0.1) is 0 Å². The van der Waals surface area contributed by atoms with Crippen molar-refractivity contribution in [1.29, 1.82) is 0 Å². The number of benzene rings is 1. The largest absolute Gasteiger partial charge is 0.497 e. The summed E-state index contributed by atoms with van der Waals surface area (Å²) in [5, 5.41) is 1.01. The zero-order valence-electron chi connectivity index (χ0n) is 12.0. The average Bonchev–Trinajstić information content (AvgIpc) is 2.89. The molecule has 2 aromatic rings. The van der Waals surface area contributed by atoms with Gasteiger partial charge in [-0.1, -0.05) is 0 Å². The number of carbonyl (C=O) groups is 1. The lowest BCUT2D eigenvalue weighted by molar-refractivity contribution is 0.0630. The summed E-state index contributed by atoms with van der Waals surface area (Å²) in [6.07, 6.45) is 3.42. The highest BCUT2D eigenvalue weighted by molar-refractivity contribution is 5.98. The van der Waals surface area contributed by atoms with Crippen LogP contribution >= 0.6 is 0 Å². The number of likely N-dealkylation sites (tertiary alicyclic amines) is 1. The first kappa shape index (κ1) is 13.0. The van der Waals surface area contributed by atoms with Crippen molar-refractivity contribution in [1.82, 2.24) is 9.88 Å². The summed E-state index contributed by atoms with van der Waals surface area (Å²) in [5.41, 5.74) is 1.64. The van der Waals surface area contributed by atoms with E-state index in [0.717, 1.165) is 36.0 Å². The van der Waals surface area contributed by atoms with Gasteiger partial charge in [0.1, 0.15) is 11.4 Å². The van der Waals surface area contributed by atoms with Gasteiger partial charge in [-0.25, -0.2) is 0 Å². The standard InChI is InChI=1S/C16H20N2O2/c1-11-5-3-4-8-18(11)16(19)15-10-12-9-13(20-2)6-7-14(12)17-15/h6-7,9-11,17H,3-5,8H2,1-2H3. The Morgan fingerprint density at radius 1 is 1.35 bits per heavy atom. The zero-order chi connectivity index (χ0) is 14.1. The van der Waals surface area contributed by atoms with E-state index in [4.69, 9.17) is 4.74 Å². The molecule has 0 spiro atoms. The predicted octanol–water partition coefficient (Wildman–Crippen LogP) is 3.19. The highest BCUT2D eigenvalue weighted by Crippen LogP contribution is 2.24. The lowest BCUT2D eigenvalue weighted by atomic mass is 10.0. The number of aromatic amines is 1. The van der Waals surface area contributed by atoms with Crippen LogP contribution in [-0.4, -0.2) is 35.5 Å². The third-order valence-electron chi connectivity index (χ3n) is 4.12. The summed E-state index contributed by atoms with van der Waals surface area (Å²) in [6.45, 7) is 2.99. The molecule has 1 aliphatic rings. The Balaban J connectivity index is 1.91. The third kappa shape index (κ3) is 2.26. The Kier molecular flexibility index (Phi) is 3.38. The van der Waals surface area contributed by atoms with Crippen LogP contribution in [0.25, 0.3) is 10.9 Å². The van der Waals surface area contributed by atoms with Crippen LogP contribution < -0.4 is 4.74 Å². The SMILES string of the molecule is COc1ccc2[nH]c(C(=O)N3CCCCC3C)cc2c1. The molecule has 0 radical (unpaired) electrons. The van der Waals surface area contributed by atoms with Gasteiger partial charge in [-0.05, 0) is 50.5 Å². The molecule has 1 N–H and O–H groups in total. The van der Waals surface area contributed by atoms with Crippen molar-refractivity contribution in [3.63, 3.8) is 0 Å². The Hall–Kier alpha value is -1.97. The molecule has 4 heteroatoms. The number of hydrogen-bond acceptors (Lipinski definition) is 2. The van der Waals surface area contributed by atoms with E-state index in [0.29, 0.717) is 11.7 Å². The first-order valence-corrected chi connectivity index (χ1v) is 7.17. The van der Waals surface area contributed by atoms with Crippen LogP contribution in [0, 0.1) is 0 Å². The molecule has 1 unspecified atom stereocenters. The summed E-state index contributed by atoms with van der Waals surface area (Å²) in [7, 11) is 1.65. The topological polar surface area (TPSA) is 45.3 Å². The summed E-state index contributed by atoms with van der Waals surface area (Å²) in [4.78, 5) is 17.8. The molecule has 1 fully saturated rings. The van der Waals surface area contributed by atoms with E-state index in [2.05, 4.69) is 11.9 Å². The Labute approximate surface area is 118 Å². The fraction of sp³-hybridized carbons (Fsp3) is 0.438. The van der Waals surface area contributed by atoms with Crippen molar-refractivity contribution in [2.75, 3.05) is 13.7 Å². The maximum atomic E-state index is 12.6. The number of piperidine rings is 1. The van der Waals surface area contributed by atoms with Gasteiger partial charge in [0.2, 0.25) is 0 Å². The van der Waals surface area contributed by atoms with Gasteiger partial charge in [0, 0.05) is 23.5 Å². The minimum atomic E-state index is 0.104. The quantitative estimate of drug-likeness (QED) is 0.912. The number of nitrogens with zero attached hydrogens (tertiary/aromatic N) is 1. The molecule has 1 aromatic heterocycles. The molecule has 2 heterocycles. The second-order valence-electron chi connectivity index (χ2n) is 5.48. The van der Waals surface area contributed by atoms with Crippen LogP contribution in [0.3, 0.4) is 0 Å². The van der Waals surface area contributed by atoms with Crippen molar-refractivity contribution in [2.45, 2.75) is 32.2 Å². The summed E-state index contributed by atoms with van der Waals surface area (Å²) in [6, 6.07) is 8.04. The average molecular weight is 272 g/mol. The molecule has 0 saturated carbocycles. The molecule has 1 amide bonds. The first-order chi connectivity index (χ1) is 9.69. The van der Waals surface area contributed by atoms with Gasteiger partial charge in [0.05, 0.1) is 7.11 Å². The van der Waals surface area contributed by atoms with Crippen molar-refractivity contribution < 1.29 is 9.53 Å². The second kappa shape index (κ2) is 5.19. The number of carbonyl (C=O) groups excluding carboxylic acids is 1. The van der Waals surface area contributed by atoms with E-state index >= 15 is 0 Å². The first-order valence-electron chi connectivity index (χ1n) is 7.17. The van der Waals surface area contributed by atoms with E-state index in [1.807, 2.05) is 29.2 Å². The van der Waals surface area contributed by atoms with Crippen molar-refractivity contribution in [2.24, 2.45) is 0 Å². The minimum absolute atomic E-state index is 0.104. The van der Waals surface area contributed by atoms with Crippen molar-refractivity contribution in [3.05, 3.63) is 30.0 Å². The molecule has 1 atom stereocenters. The molecule has 4 nitrogen and oxygen atoms in total. The van der Waals surface area contributed by atoms with Gasteiger partial charge in [-0.2, -0.15) is 0 Å². The molecule has 3 rings (SSSR count). The molecule has 1 aromatic carbocycles. The number of aromatic nitrogens is 1. The number of hydrogen-bond donors (Lipinski definition) is 1. The van der Waals surface area contributed by atoms with Crippen molar-refractivity contribution >= 4 is 16.8 Å². The number of amides is 1. The Bertz CT molecular complexity index is 632. The second-order valence-corrected chi connectivity index (χ2v) is 5.48. The highest BCUT2D eigenvalue weighted by atomic mass is 16.5. The lowest BCUT2D eigenvalue weighted by Crippen LogP contribution is -2.42. The Morgan fingerprint density at radius 3 is 2.95 bits per heavy atom. The van der Waals surface area contributed by atoms with Gasteiger partial charge < -0.3 is 14.6 Å². The number of H-pyrrole nitrogens is 1. The van der Waals surface area contributed by atoms with Crippen LogP contribution in [0.4, 0.5) is 0 Å². The normalized spacial score (nSPS) is 19.3. The lowest BCUT2D eigenvalue weighted by Gasteiger charge is -2.33. The smallest absolute Gasteiger partial charge is 0.270 e. The number of rotatable bonds is 2. The van der Waals surface area contributed by atoms with Crippen LogP contribution in [0.1, 0.15) is 36.7 Å². The molecule has 0 bridgehead atoms. The van der Waals surface area contributed by atoms with Gasteiger partial charge >= 0.3 is 0 Å². The minimum Gasteiger partial charge on any atom is -0.497 e. The monoisotopic (exact) mass is 272 g/mol. The maximum Gasteiger partial charge on any atom is 0.270 e. The molecular weight excluding hydrogens is 252 g/mol. The van der Waals surface area contributed by atoms with Gasteiger partial charge in [0.25, 0.3) is 5.91 Å². The van der Waals surface area contributed by atoms with Crippen LogP contribution in [0.15, 0.2) is 24.3 Å². The molecule has 106 valence electrons. The Morgan fingerprint density at radius 2 is 2.20 bits per heavy atom. The fourth-order valence-corrected chi connectivity index (χ4v) is 2.91. The number of ether oxygens (including phenoxy) is 1. The van der Waals surface area contributed by atoms with Crippen LogP contribution in [0.5, 0.6) is 5.75 Å². The molecule has 0 aliphatic carbocycles. The summed E-state index contributed by atoms with van der Waals surface area (Å²) in [5.74, 6) is 0.911. The van der Waals surface area contributed by atoms with Crippen LogP contribution in [0.2, 0.25) is 0 Å². The number of methoxy groups -OCH3 is 1. The summed E-state index contributed by atoms with van der Waals surface area (Å²) >= 11 is 0. The van der Waals surface area contributed by atoms with E-state index in [9.17, 15) is 4.79 Å². The predicted molar refractivity (Wildman–Crippen MR) is 79.2 cm³/mol. The van der Waals surface area contributed by atoms with Gasteiger partial charge in [-0.3, -0.25) is 4.79 Å². The molecule has 20 heavy (non-hydrogen) atoms. The highest BCUT2D eigenvalue weighted by Gasteiger charge is 2.25. The van der Waals surface area contributed by atoms with E-state index in [1.165, 1.54) is 6.42 Å².